The summed E-state index contributed by atoms with van der Waals surface area (Å²) in [6.07, 6.45) is 6.59. The first-order chi connectivity index (χ1) is 12.4. The minimum Gasteiger partial charge on any atom is -0.379 e. The Morgan fingerprint density at radius 1 is 1.04 bits per heavy atom. The molecule has 3 heterocycles. The molecule has 3 aliphatic rings. The molecule has 0 aromatic heterocycles. The van der Waals surface area contributed by atoms with E-state index in [1.165, 1.54) is 44.3 Å². The van der Waals surface area contributed by atoms with Crippen molar-refractivity contribution in [3.63, 3.8) is 0 Å². The molecule has 0 amide bonds. The Hall–Kier alpha value is -0.940. The highest BCUT2D eigenvalue weighted by molar-refractivity contribution is 5.16. The number of ether oxygens (including phenoxy) is 1. The molecule has 1 N–H and O–H groups in total. The molecule has 25 heavy (non-hydrogen) atoms. The zero-order valence-corrected chi connectivity index (χ0v) is 15.4. The summed E-state index contributed by atoms with van der Waals surface area (Å²) in [6, 6.07) is 13.1. The summed E-state index contributed by atoms with van der Waals surface area (Å²) in [7, 11) is 0. The van der Waals surface area contributed by atoms with Crippen LogP contribution in [0.25, 0.3) is 0 Å². The molecule has 0 bridgehead atoms. The van der Waals surface area contributed by atoms with E-state index >= 15 is 0 Å². The lowest BCUT2D eigenvalue weighted by atomic mass is 9.95. The van der Waals surface area contributed by atoms with Gasteiger partial charge in [0.15, 0.2) is 0 Å². The average Bonchev–Trinajstić information content (AvgIpc) is 3.11. The van der Waals surface area contributed by atoms with Crippen LogP contribution in [0.2, 0.25) is 0 Å². The van der Waals surface area contributed by atoms with Crippen molar-refractivity contribution in [1.82, 2.24) is 15.1 Å². The van der Waals surface area contributed by atoms with E-state index in [1.54, 1.807) is 0 Å². The molecule has 1 aromatic carbocycles. The Bertz CT molecular complexity index is 517. The number of morpholine rings is 1. The van der Waals surface area contributed by atoms with Gasteiger partial charge in [0.1, 0.15) is 0 Å². The lowest BCUT2D eigenvalue weighted by molar-refractivity contribution is 0.0319. The van der Waals surface area contributed by atoms with Gasteiger partial charge in [-0.25, -0.2) is 0 Å². The van der Waals surface area contributed by atoms with Gasteiger partial charge in [-0.05, 0) is 50.8 Å². The van der Waals surface area contributed by atoms with Crippen molar-refractivity contribution in [1.29, 1.82) is 0 Å². The molecule has 0 aliphatic carbocycles. The first-order valence-corrected chi connectivity index (χ1v) is 10.2. The van der Waals surface area contributed by atoms with Crippen molar-refractivity contribution in [2.75, 3.05) is 45.9 Å². The van der Waals surface area contributed by atoms with Gasteiger partial charge in [-0.2, -0.15) is 0 Å². The van der Waals surface area contributed by atoms with Crippen LogP contribution in [-0.4, -0.2) is 73.9 Å². The molecular weight excluding hydrogens is 310 g/mol. The smallest absolute Gasteiger partial charge is 0.0594 e. The van der Waals surface area contributed by atoms with E-state index < -0.39 is 0 Å². The second-order valence-electron chi connectivity index (χ2n) is 8.02. The standard InChI is InChI=1S/C21H33N3O/c1-2-5-18(6-3-1)15-20(17-23-11-13-25-14-12-23)22-19-8-10-24-9-4-7-21(24)16-19/h1-3,5-6,19-22H,4,7-17H2/t19-,20+,21-/m0/s1. The largest absolute Gasteiger partial charge is 0.379 e. The van der Waals surface area contributed by atoms with Crippen molar-refractivity contribution in [2.24, 2.45) is 0 Å². The number of nitrogens with zero attached hydrogens (tertiary/aromatic N) is 2. The third-order valence-electron chi connectivity index (χ3n) is 6.20. The topological polar surface area (TPSA) is 27.7 Å². The average molecular weight is 344 g/mol. The van der Waals surface area contributed by atoms with E-state index in [1.807, 2.05) is 0 Å². The Morgan fingerprint density at radius 3 is 2.72 bits per heavy atom. The predicted molar refractivity (Wildman–Crippen MR) is 102 cm³/mol. The molecule has 4 rings (SSSR count). The molecular formula is C21H33N3O. The molecule has 4 heteroatoms. The zero-order chi connectivity index (χ0) is 16.9. The van der Waals surface area contributed by atoms with E-state index in [0.29, 0.717) is 12.1 Å². The summed E-state index contributed by atoms with van der Waals surface area (Å²) < 4.78 is 5.53. The second kappa shape index (κ2) is 8.63. The second-order valence-corrected chi connectivity index (χ2v) is 8.02. The Labute approximate surface area is 152 Å². The van der Waals surface area contributed by atoms with Gasteiger partial charge in [0, 0.05) is 37.8 Å². The summed E-state index contributed by atoms with van der Waals surface area (Å²) in [6.45, 7) is 7.69. The van der Waals surface area contributed by atoms with E-state index in [0.717, 1.165) is 45.3 Å². The molecule has 0 radical (unpaired) electrons. The van der Waals surface area contributed by atoms with Crippen LogP contribution in [0.3, 0.4) is 0 Å². The molecule has 3 aliphatic heterocycles. The minimum absolute atomic E-state index is 0.540. The van der Waals surface area contributed by atoms with Crippen LogP contribution in [0.15, 0.2) is 30.3 Å². The molecule has 138 valence electrons. The highest BCUT2D eigenvalue weighted by Gasteiger charge is 2.32. The van der Waals surface area contributed by atoms with Gasteiger partial charge >= 0.3 is 0 Å². The molecule has 0 spiro atoms. The summed E-state index contributed by atoms with van der Waals surface area (Å²) in [5.74, 6) is 0. The van der Waals surface area contributed by atoms with Crippen LogP contribution in [0.4, 0.5) is 0 Å². The Balaban J connectivity index is 1.37. The number of rotatable bonds is 6. The van der Waals surface area contributed by atoms with Crippen LogP contribution in [0, 0.1) is 0 Å². The number of piperidine rings is 1. The van der Waals surface area contributed by atoms with Gasteiger partial charge in [-0.3, -0.25) is 4.90 Å². The lowest BCUT2D eigenvalue weighted by Gasteiger charge is -2.38. The fourth-order valence-corrected chi connectivity index (χ4v) is 4.88. The molecule has 3 atom stereocenters. The number of fused-ring (bicyclic) bond motifs is 1. The van der Waals surface area contributed by atoms with Crippen LogP contribution in [-0.2, 0) is 11.2 Å². The van der Waals surface area contributed by atoms with Crippen LogP contribution >= 0.6 is 0 Å². The van der Waals surface area contributed by atoms with Crippen molar-refractivity contribution in [3.8, 4) is 0 Å². The SMILES string of the molecule is c1ccc(C[C@H](CN2CCOCC2)N[C@H]2CCN3CCC[C@H]3C2)cc1. The van der Waals surface area contributed by atoms with Gasteiger partial charge < -0.3 is 15.0 Å². The number of benzene rings is 1. The van der Waals surface area contributed by atoms with Crippen LogP contribution in [0.1, 0.15) is 31.2 Å². The molecule has 3 saturated heterocycles. The third-order valence-corrected chi connectivity index (χ3v) is 6.20. The number of nitrogens with one attached hydrogen (secondary N) is 1. The summed E-state index contributed by atoms with van der Waals surface area (Å²) in [5.41, 5.74) is 1.45. The molecule has 1 aromatic rings. The Morgan fingerprint density at radius 2 is 1.88 bits per heavy atom. The molecule has 4 nitrogen and oxygen atoms in total. The van der Waals surface area contributed by atoms with Crippen molar-refractivity contribution >= 4 is 0 Å². The van der Waals surface area contributed by atoms with Crippen molar-refractivity contribution in [2.45, 2.75) is 50.2 Å². The monoisotopic (exact) mass is 343 g/mol. The lowest BCUT2D eigenvalue weighted by Crippen LogP contribution is -2.53. The maximum atomic E-state index is 5.53. The number of hydrogen-bond acceptors (Lipinski definition) is 4. The van der Waals surface area contributed by atoms with E-state index in [9.17, 15) is 0 Å². The normalized spacial score (nSPS) is 29.4. The maximum Gasteiger partial charge on any atom is 0.0594 e. The number of hydrogen-bond donors (Lipinski definition) is 1. The summed E-state index contributed by atoms with van der Waals surface area (Å²) >= 11 is 0. The van der Waals surface area contributed by atoms with Gasteiger partial charge in [0.2, 0.25) is 0 Å². The van der Waals surface area contributed by atoms with Gasteiger partial charge in [0.25, 0.3) is 0 Å². The predicted octanol–water partition coefficient (Wildman–Crippen LogP) is 2.15. The molecule has 0 saturated carbocycles. The molecule has 0 unspecified atom stereocenters. The quantitative estimate of drug-likeness (QED) is 0.857. The minimum atomic E-state index is 0.540. The summed E-state index contributed by atoms with van der Waals surface area (Å²) in [4.78, 5) is 5.29. The van der Waals surface area contributed by atoms with Gasteiger partial charge in [0.05, 0.1) is 13.2 Å². The molecule has 3 fully saturated rings. The fraction of sp³-hybridized carbons (Fsp3) is 0.714. The maximum absolute atomic E-state index is 5.53. The highest BCUT2D eigenvalue weighted by atomic mass is 16.5. The van der Waals surface area contributed by atoms with Crippen LogP contribution < -0.4 is 5.32 Å². The summed E-state index contributed by atoms with van der Waals surface area (Å²) in [5, 5.41) is 4.06. The van der Waals surface area contributed by atoms with E-state index in [-0.39, 0.29) is 0 Å². The first-order valence-electron chi connectivity index (χ1n) is 10.2. The van der Waals surface area contributed by atoms with Crippen molar-refractivity contribution < 1.29 is 4.74 Å². The van der Waals surface area contributed by atoms with Crippen LogP contribution in [0.5, 0.6) is 0 Å². The van der Waals surface area contributed by atoms with Gasteiger partial charge in [-0.1, -0.05) is 30.3 Å². The first kappa shape index (κ1) is 17.5. The van der Waals surface area contributed by atoms with E-state index in [4.69, 9.17) is 4.74 Å². The third kappa shape index (κ3) is 4.82. The fourth-order valence-electron chi connectivity index (χ4n) is 4.88. The zero-order valence-electron chi connectivity index (χ0n) is 15.4. The Kier molecular flexibility index (Phi) is 6.03. The highest BCUT2D eigenvalue weighted by Crippen LogP contribution is 2.27. The van der Waals surface area contributed by atoms with E-state index in [2.05, 4.69) is 45.4 Å². The van der Waals surface area contributed by atoms with Gasteiger partial charge in [-0.15, -0.1) is 0 Å². The van der Waals surface area contributed by atoms with Crippen molar-refractivity contribution in [3.05, 3.63) is 35.9 Å².